The minimum absolute atomic E-state index is 0. The van der Waals surface area contributed by atoms with E-state index in [1.54, 1.807) is 0 Å². The summed E-state index contributed by atoms with van der Waals surface area (Å²) >= 11 is 0. The van der Waals surface area contributed by atoms with Gasteiger partial charge in [0.05, 0.1) is 0 Å². The van der Waals surface area contributed by atoms with Gasteiger partial charge in [-0.2, -0.15) is 0 Å². The molecule has 0 spiro atoms. The second kappa shape index (κ2) is 173. The van der Waals surface area contributed by atoms with E-state index >= 15 is 0 Å². The van der Waals surface area contributed by atoms with E-state index in [0.29, 0.717) is 0 Å². The van der Waals surface area contributed by atoms with Crippen LogP contribution in [0.15, 0.2) is 0 Å². The van der Waals surface area contributed by atoms with Gasteiger partial charge in [-0.3, -0.25) is 0 Å². The summed E-state index contributed by atoms with van der Waals surface area (Å²) in [5, 5.41) is 0. The van der Waals surface area contributed by atoms with Crippen LogP contribution in [0.1, 0.15) is 0 Å². The molecule has 0 N–H and O–H groups in total. The summed E-state index contributed by atoms with van der Waals surface area (Å²) in [6.07, 6.45) is 0. The minimum atomic E-state index is 0. The van der Waals surface area contributed by atoms with Gasteiger partial charge in [0.2, 0.25) is 0 Å². The molecule has 13 heavy (non-hydrogen) atoms. The Labute approximate surface area is 195 Å². The van der Waals surface area contributed by atoms with Crippen molar-refractivity contribution in [2.24, 2.45) is 0 Å². The van der Waals surface area contributed by atoms with Crippen molar-refractivity contribution >= 4 is 75.5 Å². The van der Waals surface area contributed by atoms with Crippen LogP contribution in [-0.2, 0) is 124 Å². The number of rotatable bonds is 0. The van der Waals surface area contributed by atoms with E-state index in [9.17, 15) is 0 Å². The smallest absolute Gasteiger partial charge is 2.00 e. The minimum Gasteiger partial charge on any atom is -2.00 e. The third-order valence-electron chi connectivity index (χ3n) is 0. The van der Waals surface area contributed by atoms with Crippen molar-refractivity contribution in [2.45, 2.75) is 0 Å². The predicted molar refractivity (Wildman–Crippen MR) is 16.3 cm³/mol. The molecule has 7 nitrogen and oxygen atoms in total. The second-order valence-corrected chi connectivity index (χ2v) is 0. The van der Waals surface area contributed by atoms with Crippen molar-refractivity contribution in [3.05, 3.63) is 0 Å². The summed E-state index contributed by atoms with van der Waals surface area (Å²) in [5.74, 6) is 0. The molecule has 0 atom stereocenters. The quantitative estimate of drug-likeness (QED) is 0.415. The summed E-state index contributed by atoms with van der Waals surface area (Å²) in [4.78, 5) is 0. The molecule has 0 saturated carbocycles. The molecule has 0 saturated heterocycles. The molecule has 0 unspecified atom stereocenters. The van der Waals surface area contributed by atoms with Crippen molar-refractivity contribution < 1.29 is 124 Å². The molecule has 0 bridgehead atoms. The molecule has 0 aliphatic carbocycles. The molecule has 2 radical (unpaired) electrons. The zero-order valence-corrected chi connectivity index (χ0v) is 15.9. The third-order valence-corrected chi connectivity index (χ3v) is 0. The first-order valence-electron chi connectivity index (χ1n) is 0. The largest absolute Gasteiger partial charge is 3.00 e. The first-order chi connectivity index (χ1) is 0. The van der Waals surface area contributed by atoms with Crippen molar-refractivity contribution in [1.29, 1.82) is 0 Å². The Kier molecular flexibility index (Phi) is 2760. The Bertz CT molecular complexity index is 22.5. The predicted octanol–water partition coefficient (Wildman–Crippen LogP) is -1.60. The molecule has 13 heteroatoms. The van der Waals surface area contributed by atoms with E-state index in [2.05, 4.69) is 0 Å². The van der Waals surface area contributed by atoms with Crippen LogP contribution in [0, 0.1) is 0 Å². The van der Waals surface area contributed by atoms with Gasteiger partial charge in [-0.25, -0.2) is 0 Å². The fraction of sp³-hybridized carbons (Fsp3) is 0. The Morgan fingerprint density at radius 3 is 0.308 bits per heavy atom. The molecule has 0 aromatic rings. The van der Waals surface area contributed by atoms with Gasteiger partial charge in [0.25, 0.3) is 0 Å². The maximum absolute atomic E-state index is 0. The third kappa shape index (κ3) is 152. The van der Waals surface area contributed by atoms with Crippen LogP contribution < -0.4 is 0 Å². The van der Waals surface area contributed by atoms with Crippen molar-refractivity contribution in [1.82, 2.24) is 0 Å². The first kappa shape index (κ1) is 207. The van der Waals surface area contributed by atoms with Gasteiger partial charge in [0.1, 0.15) is 0 Å². The van der Waals surface area contributed by atoms with E-state index in [1.165, 1.54) is 0 Å². The SMILES string of the molecule is [Ca+2].[Ca+2].[Cu+2].[Cu+2].[O-2].[O-2].[O-2].[O-2].[O-2].[O-2].[O-2].[Sc+3].[Sc+3]. The number of hydrogen-bond acceptors (Lipinski definition) is 0. The molecule has 0 aromatic heterocycles. The molecule has 0 aliphatic heterocycles. The zero-order chi connectivity index (χ0) is 0. The van der Waals surface area contributed by atoms with Gasteiger partial charge >= 0.3 is 161 Å². The van der Waals surface area contributed by atoms with Crippen LogP contribution in [0.3, 0.4) is 0 Å². The molecule has 0 aliphatic rings. The van der Waals surface area contributed by atoms with Crippen LogP contribution in [0.5, 0.6) is 0 Å². The summed E-state index contributed by atoms with van der Waals surface area (Å²) < 4.78 is 0. The molecule has 0 aromatic carbocycles. The second-order valence-electron chi connectivity index (χ2n) is 0. The van der Waals surface area contributed by atoms with Crippen LogP contribution >= 0.6 is 0 Å². The van der Waals surface area contributed by atoms with Gasteiger partial charge in [-0.1, -0.05) is 0 Å². The maximum Gasteiger partial charge on any atom is 3.00 e. The Morgan fingerprint density at radius 2 is 0.308 bits per heavy atom. The monoisotopic (exact) mass is 408 g/mol. The van der Waals surface area contributed by atoms with E-state index in [-0.39, 0.29) is 200 Å². The van der Waals surface area contributed by atoms with Gasteiger partial charge in [0.15, 0.2) is 0 Å². The van der Waals surface area contributed by atoms with Gasteiger partial charge in [-0.15, -0.1) is 0 Å². The van der Waals surface area contributed by atoms with E-state index < -0.39 is 0 Å². The Morgan fingerprint density at radius 1 is 0.308 bits per heavy atom. The summed E-state index contributed by atoms with van der Waals surface area (Å²) in [7, 11) is 0. The van der Waals surface area contributed by atoms with Gasteiger partial charge < -0.3 is 38.3 Å². The Hall–Kier alpha value is 5.02. The van der Waals surface area contributed by atoms with Crippen molar-refractivity contribution in [2.75, 3.05) is 0 Å². The van der Waals surface area contributed by atoms with Crippen LogP contribution in [0.25, 0.3) is 0 Å². The number of hydrogen-bond donors (Lipinski definition) is 0. The molecule has 74 valence electrons. The van der Waals surface area contributed by atoms with Crippen molar-refractivity contribution in [3.8, 4) is 0 Å². The summed E-state index contributed by atoms with van der Waals surface area (Å²) in [6.45, 7) is 0. The molecular formula is Ca2Cu2O7Sc2. The maximum atomic E-state index is 0. The normalized spacial score (nSPS) is 0. The van der Waals surface area contributed by atoms with Crippen LogP contribution in [0.4, 0.5) is 0 Å². The zero-order valence-electron chi connectivity index (χ0n) is 6.03. The molecule has 0 amide bonds. The average Bonchev–Trinajstić information content (AvgIpc) is 0. The molecular weight excluding hydrogens is 409 g/mol. The fourth-order valence-corrected chi connectivity index (χ4v) is 0. The first-order valence-corrected chi connectivity index (χ1v) is 0. The summed E-state index contributed by atoms with van der Waals surface area (Å²) in [6, 6.07) is 0. The van der Waals surface area contributed by atoms with E-state index in [4.69, 9.17) is 0 Å². The van der Waals surface area contributed by atoms with Crippen LogP contribution in [0.2, 0.25) is 0 Å². The van der Waals surface area contributed by atoms with Crippen molar-refractivity contribution in [3.63, 3.8) is 0 Å². The average molecular weight is 409 g/mol. The van der Waals surface area contributed by atoms with E-state index in [0.717, 1.165) is 0 Å². The van der Waals surface area contributed by atoms with Gasteiger partial charge in [0, 0.05) is 0 Å². The molecule has 0 fully saturated rings. The Balaban J connectivity index is 0. The van der Waals surface area contributed by atoms with Crippen LogP contribution in [-0.4, -0.2) is 75.5 Å². The summed E-state index contributed by atoms with van der Waals surface area (Å²) in [5.41, 5.74) is 0. The molecule has 0 heterocycles. The fourth-order valence-electron chi connectivity index (χ4n) is 0. The van der Waals surface area contributed by atoms with E-state index in [1.807, 2.05) is 0 Å². The molecule has 0 rings (SSSR count). The van der Waals surface area contributed by atoms with Gasteiger partial charge in [-0.05, 0) is 0 Å². The standard InChI is InChI=1S/2Ca.2Cu.7O.2Sc/q4*+2;7*-2;2*+3. The topological polar surface area (TPSA) is 200 Å².